The Morgan fingerprint density at radius 3 is 3.03 bits per heavy atom. The van der Waals surface area contributed by atoms with Crippen molar-refractivity contribution in [1.82, 2.24) is 34.7 Å². The lowest BCUT2D eigenvalue weighted by atomic mass is 9.99. The summed E-state index contributed by atoms with van der Waals surface area (Å²) < 4.78 is 21.4. The smallest absolute Gasteiger partial charge is 0.312 e. The van der Waals surface area contributed by atoms with Gasteiger partial charge >= 0.3 is 11.8 Å². The molecule has 4 aromatic heterocycles. The molecular formula is C20H18FN7O2. The second kappa shape index (κ2) is 5.97. The van der Waals surface area contributed by atoms with Crippen molar-refractivity contribution in [3.05, 3.63) is 65.4 Å². The Balaban J connectivity index is 1.43. The molecule has 0 aromatic carbocycles. The summed E-state index contributed by atoms with van der Waals surface area (Å²) >= 11 is 0. The van der Waals surface area contributed by atoms with Crippen LogP contribution in [0, 0.1) is 5.82 Å². The van der Waals surface area contributed by atoms with Gasteiger partial charge in [-0.1, -0.05) is 6.92 Å². The molecule has 1 amide bonds. The lowest BCUT2D eigenvalue weighted by Gasteiger charge is -2.32. The third-order valence-electron chi connectivity index (χ3n) is 6.06. The molecule has 10 heteroatoms. The third-order valence-corrected chi connectivity index (χ3v) is 6.06. The van der Waals surface area contributed by atoms with Crippen molar-refractivity contribution >= 4 is 11.4 Å². The summed E-state index contributed by atoms with van der Waals surface area (Å²) in [5, 5.41) is 12.6. The van der Waals surface area contributed by atoms with Crippen molar-refractivity contribution in [2.24, 2.45) is 0 Å². The normalized spacial score (nSPS) is 19.8. The maximum atomic E-state index is 14.2. The number of rotatable bonds is 3. The number of imidazole rings is 1. The topological polar surface area (TPSA) is 105 Å². The second-order valence-electron chi connectivity index (χ2n) is 8.15. The van der Waals surface area contributed by atoms with E-state index in [-0.39, 0.29) is 23.0 Å². The first-order chi connectivity index (χ1) is 14.5. The van der Waals surface area contributed by atoms with Crippen LogP contribution in [0.5, 0.6) is 0 Å². The molecule has 0 saturated heterocycles. The van der Waals surface area contributed by atoms with Gasteiger partial charge in [0.15, 0.2) is 0 Å². The highest BCUT2D eigenvalue weighted by molar-refractivity contribution is 5.90. The standard InChI is InChI=1S/C20H18FN7O2/c1-20(5-6-20)19-25-24-17(30-19)18(29)27-8-4-12-15(23-10-22-12)16(27)13-9-14-11(21)3-2-7-28(14)26-13/h2-3,7,9-10,16H,4-6,8H2,1H3,(H,22,23)/t16-/m1/s1. The number of carbonyl (C=O) groups is 1. The maximum absolute atomic E-state index is 14.2. The van der Waals surface area contributed by atoms with E-state index >= 15 is 0 Å². The lowest BCUT2D eigenvalue weighted by molar-refractivity contribution is 0.0643. The van der Waals surface area contributed by atoms with E-state index in [1.807, 2.05) is 6.92 Å². The first-order valence-electron chi connectivity index (χ1n) is 9.84. The summed E-state index contributed by atoms with van der Waals surface area (Å²) in [5.41, 5.74) is 2.35. The molecule has 2 aliphatic rings. The summed E-state index contributed by atoms with van der Waals surface area (Å²) in [6.45, 7) is 2.46. The monoisotopic (exact) mass is 407 g/mol. The number of carbonyl (C=O) groups excluding carboxylic acids is 1. The van der Waals surface area contributed by atoms with Crippen LogP contribution in [0.4, 0.5) is 4.39 Å². The Bertz CT molecular complexity index is 1290. The van der Waals surface area contributed by atoms with Crippen LogP contribution in [0.3, 0.4) is 0 Å². The molecule has 6 rings (SSSR count). The van der Waals surface area contributed by atoms with Gasteiger partial charge in [-0.2, -0.15) is 5.10 Å². The number of halogens is 1. The van der Waals surface area contributed by atoms with Gasteiger partial charge in [-0.05, 0) is 31.0 Å². The fourth-order valence-electron chi connectivity index (χ4n) is 4.01. The van der Waals surface area contributed by atoms with E-state index in [0.717, 1.165) is 18.5 Å². The van der Waals surface area contributed by atoms with Gasteiger partial charge in [0.2, 0.25) is 5.89 Å². The van der Waals surface area contributed by atoms with E-state index in [0.29, 0.717) is 35.8 Å². The van der Waals surface area contributed by atoms with Crippen molar-refractivity contribution in [2.75, 3.05) is 6.54 Å². The first-order valence-corrected chi connectivity index (χ1v) is 9.84. The van der Waals surface area contributed by atoms with E-state index in [9.17, 15) is 9.18 Å². The van der Waals surface area contributed by atoms with Crippen LogP contribution in [0.25, 0.3) is 5.52 Å². The van der Waals surface area contributed by atoms with Gasteiger partial charge in [-0.25, -0.2) is 13.9 Å². The number of aromatic amines is 1. The summed E-state index contributed by atoms with van der Waals surface area (Å²) in [4.78, 5) is 22.5. The number of hydrogen-bond acceptors (Lipinski definition) is 6. The molecule has 0 spiro atoms. The van der Waals surface area contributed by atoms with Crippen LogP contribution in [0.2, 0.25) is 0 Å². The molecule has 1 aliphatic heterocycles. The zero-order valence-corrected chi connectivity index (χ0v) is 16.2. The van der Waals surface area contributed by atoms with E-state index in [2.05, 4.69) is 25.3 Å². The van der Waals surface area contributed by atoms with Crippen LogP contribution in [0.1, 0.15) is 59.5 Å². The summed E-state index contributed by atoms with van der Waals surface area (Å²) in [5.74, 6) is -0.313. The Morgan fingerprint density at radius 2 is 2.23 bits per heavy atom. The number of pyridine rings is 1. The Labute approximate surface area is 169 Å². The highest BCUT2D eigenvalue weighted by atomic mass is 19.1. The minimum atomic E-state index is -0.585. The average Bonchev–Trinajstić information content (AvgIpc) is 3.21. The van der Waals surface area contributed by atoms with Gasteiger partial charge in [-0.15, -0.1) is 10.2 Å². The van der Waals surface area contributed by atoms with Gasteiger partial charge in [0.25, 0.3) is 0 Å². The predicted molar refractivity (Wildman–Crippen MR) is 101 cm³/mol. The fourth-order valence-corrected chi connectivity index (χ4v) is 4.01. The zero-order valence-electron chi connectivity index (χ0n) is 16.2. The van der Waals surface area contributed by atoms with Crippen molar-refractivity contribution < 1.29 is 13.6 Å². The Hall–Kier alpha value is -3.56. The molecule has 1 atom stereocenters. The third kappa shape index (κ3) is 2.49. The molecule has 1 aliphatic carbocycles. The van der Waals surface area contributed by atoms with Gasteiger partial charge in [0, 0.05) is 30.3 Å². The average molecular weight is 407 g/mol. The van der Waals surface area contributed by atoms with E-state index in [1.165, 1.54) is 10.6 Å². The molecule has 1 fully saturated rings. The van der Waals surface area contributed by atoms with Crippen LogP contribution in [-0.2, 0) is 11.8 Å². The van der Waals surface area contributed by atoms with Gasteiger partial charge in [0.05, 0.1) is 17.7 Å². The quantitative estimate of drug-likeness (QED) is 0.559. The van der Waals surface area contributed by atoms with Crippen molar-refractivity contribution in [3.63, 3.8) is 0 Å². The number of fused-ring (bicyclic) bond motifs is 2. The van der Waals surface area contributed by atoms with Crippen molar-refractivity contribution in [1.29, 1.82) is 0 Å². The van der Waals surface area contributed by atoms with E-state index < -0.39 is 6.04 Å². The van der Waals surface area contributed by atoms with Gasteiger partial charge < -0.3 is 14.3 Å². The van der Waals surface area contributed by atoms with Gasteiger partial charge in [-0.3, -0.25) is 4.79 Å². The minimum absolute atomic E-state index is 0.0444. The van der Waals surface area contributed by atoms with E-state index in [1.54, 1.807) is 29.6 Å². The molecule has 152 valence electrons. The largest absolute Gasteiger partial charge is 0.416 e. The zero-order chi connectivity index (χ0) is 20.5. The fraction of sp³-hybridized carbons (Fsp3) is 0.350. The van der Waals surface area contributed by atoms with Gasteiger partial charge in [0.1, 0.15) is 17.4 Å². The van der Waals surface area contributed by atoms with Crippen LogP contribution >= 0.6 is 0 Å². The highest BCUT2D eigenvalue weighted by Gasteiger charge is 2.45. The molecule has 4 aromatic rings. The van der Waals surface area contributed by atoms with Crippen LogP contribution < -0.4 is 0 Å². The first kappa shape index (κ1) is 17.3. The van der Waals surface area contributed by atoms with E-state index in [4.69, 9.17) is 4.42 Å². The molecule has 0 bridgehead atoms. The molecule has 9 nitrogen and oxygen atoms in total. The minimum Gasteiger partial charge on any atom is -0.416 e. The molecule has 1 saturated carbocycles. The Morgan fingerprint density at radius 1 is 1.37 bits per heavy atom. The number of aromatic nitrogens is 6. The Kier molecular flexibility index (Phi) is 3.45. The molecule has 30 heavy (non-hydrogen) atoms. The molecule has 5 heterocycles. The number of nitrogens with zero attached hydrogens (tertiary/aromatic N) is 6. The number of amides is 1. The predicted octanol–water partition coefficient (Wildman–Crippen LogP) is 2.42. The second-order valence-corrected chi connectivity index (χ2v) is 8.15. The van der Waals surface area contributed by atoms with Crippen LogP contribution in [0.15, 0.2) is 35.1 Å². The lowest BCUT2D eigenvalue weighted by Crippen LogP contribution is -2.41. The summed E-state index contributed by atoms with van der Waals surface area (Å²) in [6.07, 6.45) is 5.82. The highest BCUT2D eigenvalue weighted by Crippen LogP contribution is 2.46. The number of hydrogen-bond donors (Lipinski definition) is 1. The molecule has 0 radical (unpaired) electrons. The van der Waals surface area contributed by atoms with Crippen molar-refractivity contribution in [2.45, 2.75) is 37.6 Å². The van der Waals surface area contributed by atoms with Crippen LogP contribution in [-0.4, -0.2) is 47.1 Å². The molecule has 0 unspecified atom stereocenters. The number of H-pyrrole nitrogens is 1. The SMILES string of the molecule is CC1(c2nnc(C(=O)N3CCc4[nH]cnc4[C@H]3c3cc4c(F)cccn4n3)o2)CC1. The number of nitrogens with one attached hydrogen (secondary N) is 1. The molecule has 1 N–H and O–H groups in total. The summed E-state index contributed by atoms with van der Waals surface area (Å²) in [6, 6.07) is 4.03. The molecular weight excluding hydrogens is 389 g/mol. The summed E-state index contributed by atoms with van der Waals surface area (Å²) in [7, 11) is 0. The van der Waals surface area contributed by atoms with Crippen molar-refractivity contribution in [3.8, 4) is 0 Å². The maximum Gasteiger partial charge on any atom is 0.312 e.